The molecule has 3 aromatic carbocycles. The summed E-state index contributed by atoms with van der Waals surface area (Å²) in [6.45, 7) is 8.65. The van der Waals surface area contributed by atoms with Crippen molar-refractivity contribution in [2.45, 2.75) is 59.2 Å². The molecule has 7 heteroatoms. The van der Waals surface area contributed by atoms with Gasteiger partial charge in [-0.1, -0.05) is 51.1 Å². The number of para-hydroxylation sites is 1. The molecule has 0 radical (unpaired) electrons. The van der Waals surface area contributed by atoms with Gasteiger partial charge in [-0.05, 0) is 70.7 Å². The summed E-state index contributed by atoms with van der Waals surface area (Å²) in [5.74, 6) is -1.72. The molecule has 0 aliphatic carbocycles. The van der Waals surface area contributed by atoms with Crippen molar-refractivity contribution in [3.63, 3.8) is 0 Å². The first-order valence-corrected chi connectivity index (χ1v) is 13.3. The third-order valence-corrected chi connectivity index (χ3v) is 6.64. The molecule has 4 aromatic rings. The topological polar surface area (TPSA) is 66.3 Å². The van der Waals surface area contributed by atoms with Crippen LogP contribution in [0.25, 0.3) is 16.6 Å². The maximum atomic E-state index is 13.7. The van der Waals surface area contributed by atoms with Crippen molar-refractivity contribution in [1.29, 1.82) is 0 Å². The van der Waals surface area contributed by atoms with Crippen molar-refractivity contribution in [2.75, 3.05) is 6.54 Å². The molecule has 2 atom stereocenters. The molecule has 0 bridgehead atoms. The third kappa shape index (κ3) is 7.74. The number of nitrogens with one attached hydrogen (secondary N) is 2. The van der Waals surface area contributed by atoms with Gasteiger partial charge in [-0.2, -0.15) is 0 Å². The second-order valence-electron chi connectivity index (χ2n) is 11.4. The molecule has 1 heterocycles. The monoisotopic (exact) mass is 533 g/mol. The molecule has 0 aliphatic heterocycles. The van der Waals surface area contributed by atoms with Gasteiger partial charge >= 0.3 is 0 Å². The quantitative estimate of drug-likeness (QED) is 0.245. The van der Waals surface area contributed by atoms with E-state index in [4.69, 9.17) is 0 Å². The van der Waals surface area contributed by atoms with E-state index in [1.807, 2.05) is 12.1 Å². The molecule has 3 N–H and O–H groups in total. The Hall–Kier alpha value is -3.55. The summed E-state index contributed by atoms with van der Waals surface area (Å²) < 4.78 is 29.6. The molecular weight excluding hydrogens is 496 g/mol. The molecule has 0 saturated carbocycles. The molecular formula is C32H37F2N3O2. The standard InChI is InChI=1S/C32H37F2N3O2/c1-21(38)36-28(16-23-14-26(33)17-27(34)15-23)31(39)20-35-19-25-13-22(18-32(2,3)4)9-10-30(25)37-12-11-24-7-5-6-8-29(24)37/h5-15,17,28,31,35,39H,16,18-20H2,1-4H3,(H,36,38). The van der Waals surface area contributed by atoms with Gasteiger partial charge in [0.25, 0.3) is 0 Å². The van der Waals surface area contributed by atoms with Crippen LogP contribution in [0.5, 0.6) is 0 Å². The van der Waals surface area contributed by atoms with Crippen molar-refractivity contribution < 1.29 is 18.7 Å². The van der Waals surface area contributed by atoms with Crippen LogP contribution in [0, 0.1) is 17.0 Å². The lowest BCUT2D eigenvalue weighted by atomic mass is 9.87. The number of benzene rings is 3. The average molecular weight is 534 g/mol. The van der Waals surface area contributed by atoms with Crippen LogP contribution in [0.4, 0.5) is 8.78 Å². The minimum absolute atomic E-state index is 0.0960. The zero-order valence-corrected chi connectivity index (χ0v) is 23.0. The number of rotatable bonds is 10. The lowest BCUT2D eigenvalue weighted by molar-refractivity contribution is -0.120. The molecule has 0 aliphatic rings. The predicted molar refractivity (Wildman–Crippen MR) is 152 cm³/mol. The second-order valence-corrected chi connectivity index (χ2v) is 11.4. The van der Waals surface area contributed by atoms with E-state index in [0.29, 0.717) is 12.1 Å². The number of amides is 1. The van der Waals surface area contributed by atoms with E-state index in [-0.39, 0.29) is 24.3 Å². The van der Waals surface area contributed by atoms with Crippen molar-refractivity contribution >= 4 is 16.8 Å². The number of carbonyl (C=O) groups is 1. The fourth-order valence-corrected chi connectivity index (χ4v) is 5.05. The van der Waals surface area contributed by atoms with Crippen LogP contribution in [-0.4, -0.2) is 34.3 Å². The maximum Gasteiger partial charge on any atom is 0.217 e. The maximum absolute atomic E-state index is 13.7. The van der Waals surface area contributed by atoms with Gasteiger partial charge < -0.3 is 20.3 Å². The van der Waals surface area contributed by atoms with E-state index >= 15 is 0 Å². The Morgan fingerprint density at radius 1 is 0.974 bits per heavy atom. The van der Waals surface area contributed by atoms with E-state index in [1.165, 1.54) is 24.6 Å². The lowest BCUT2D eigenvalue weighted by Crippen LogP contribution is -2.48. The third-order valence-electron chi connectivity index (χ3n) is 6.64. The first-order chi connectivity index (χ1) is 18.5. The number of hydrogen-bond donors (Lipinski definition) is 3. The van der Waals surface area contributed by atoms with E-state index in [2.05, 4.69) is 78.6 Å². The highest BCUT2D eigenvalue weighted by molar-refractivity contribution is 5.82. The Bertz CT molecular complexity index is 1420. The molecule has 5 nitrogen and oxygen atoms in total. The fourth-order valence-electron chi connectivity index (χ4n) is 5.05. The summed E-state index contributed by atoms with van der Waals surface area (Å²) in [7, 11) is 0. The summed E-state index contributed by atoms with van der Waals surface area (Å²) in [6.07, 6.45) is 2.10. The van der Waals surface area contributed by atoms with Crippen molar-refractivity contribution in [1.82, 2.24) is 15.2 Å². The van der Waals surface area contributed by atoms with Gasteiger partial charge in [-0.3, -0.25) is 4.79 Å². The molecule has 1 amide bonds. The number of aliphatic hydroxyl groups is 1. The Labute approximate surface area is 228 Å². The molecule has 206 valence electrons. The van der Waals surface area contributed by atoms with Gasteiger partial charge in [-0.25, -0.2) is 8.78 Å². The Balaban J connectivity index is 1.54. The summed E-state index contributed by atoms with van der Waals surface area (Å²) in [4.78, 5) is 11.8. The van der Waals surface area contributed by atoms with Crippen LogP contribution < -0.4 is 10.6 Å². The zero-order chi connectivity index (χ0) is 28.2. The van der Waals surface area contributed by atoms with E-state index < -0.39 is 23.8 Å². The number of halogens is 2. The SMILES string of the molecule is CC(=O)NC(Cc1cc(F)cc(F)c1)C(O)CNCc1cc(CC(C)(C)C)ccc1-n1ccc2ccccc21. The Morgan fingerprint density at radius 2 is 1.69 bits per heavy atom. The second kappa shape index (κ2) is 12.1. The lowest BCUT2D eigenvalue weighted by Gasteiger charge is -2.25. The van der Waals surface area contributed by atoms with E-state index in [0.717, 1.165) is 34.6 Å². The largest absolute Gasteiger partial charge is 0.390 e. The summed E-state index contributed by atoms with van der Waals surface area (Å²) in [5, 5.41) is 18.2. The van der Waals surface area contributed by atoms with Gasteiger partial charge in [0.1, 0.15) is 11.6 Å². The molecule has 0 fully saturated rings. The van der Waals surface area contributed by atoms with Crippen LogP contribution in [0.15, 0.2) is 72.9 Å². The predicted octanol–water partition coefficient (Wildman–Crippen LogP) is 5.70. The summed E-state index contributed by atoms with van der Waals surface area (Å²) in [6, 6.07) is 19.3. The van der Waals surface area contributed by atoms with Crippen LogP contribution in [0.2, 0.25) is 0 Å². The summed E-state index contributed by atoms with van der Waals surface area (Å²) in [5.41, 5.74) is 4.95. The minimum Gasteiger partial charge on any atom is -0.390 e. The Morgan fingerprint density at radius 3 is 2.38 bits per heavy atom. The normalized spacial score (nSPS) is 13.4. The average Bonchev–Trinajstić information content (AvgIpc) is 3.26. The molecule has 4 rings (SSSR count). The summed E-state index contributed by atoms with van der Waals surface area (Å²) >= 11 is 0. The highest BCUT2D eigenvalue weighted by Gasteiger charge is 2.22. The molecule has 0 saturated heterocycles. The number of fused-ring (bicyclic) bond motifs is 1. The molecule has 1 aromatic heterocycles. The molecule has 0 spiro atoms. The number of carbonyl (C=O) groups excluding carboxylic acids is 1. The highest BCUT2D eigenvalue weighted by Crippen LogP contribution is 2.27. The number of nitrogens with zero attached hydrogens (tertiary/aromatic N) is 1. The Kier molecular flexibility index (Phi) is 8.83. The van der Waals surface area contributed by atoms with Crippen molar-refractivity contribution in [3.05, 3.63) is 101 Å². The number of aliphatic hydroxyl groups excluding tert-OH is 1. The smallest absolute Gasteiger partial charge is 0.217 e. The van der Waals surface area contributed by atoms with Gasteiger partial charge in [0.15, 0.2) is 0 Å². The van der Waals surface area contributed by atoms with Gasteiger partial charge in [0, 0.05) is 32.3 Å². The van der Waals surface area contributed by atoms with Crippen molar-refractivity contribution in [3.8, 4) is 5.69 Å². The first kappa shape index (κ1) is 28.5. The highest BCUT2D eigenvalue weighted by atomic mass is 19.1. The van der Waals surface area contributed by atoms with Crippen LogP contribution in [0.3, 0.4) is 0 Å². The van der Waals surface area contributed by atoms with Crippen LogP contribution in [-0.2, 0) is 24.2 Å². The molecule has 2 unspecified atom stereocenters. The van der Waals surface area contributed by atoms with Crippen molar-refractivity contribution in [2.24, 2.45) is 5.41 Å². The van der Waals surface area contributed by atoms with Crippen LogP contribution in [0.1, 0.15) is 44.4 Å². The van der Waals surface area contributed by atoms with E-state index in [9.17, 15) is 18.7 Å². The molecule has 39 heavy (non-hydrogen) atoms. The van der Waals surface area contributed by atoms with Gasteiger partial charge in [0.05, 0.1) is 23.3 Å². The fraction of sp³-hybridized carbons (Fsp3) is 0.344. The first-order valence-electron chi connectivity index (χ1n) is 13.3. The number of hydrogen-bond acceptors (Lipinski definition) is 3. The van der Waals surface area contributed by atoms with Gasteiger partial charge in [-0.15, -0.1) is 0 Å². The van der Waals surface area contributed by atoms with Crippen LogP contribution >= 0.6 is 0 Å². The zero-order valence-electron chi connectivity index (χ0n) is 23.0. The van der Waals surface area contributed by atoms with Gasteiger partial charge in [0.2, 0.25) is 5.91 Å². The number of aromatic nitrogens is 1. The minimum atomic E-state index is -0.978. The van der Waals surface area contributed by atoms with E-state index in [1.54, 1.807) is 0 Å².